The van der Waals surface area contributed by atoms with Crippen LogP contribution in [0.25, 0.3) is 0 Å². The third kappa shape index (κ3) is 3.76. The first-order chi connectivity index (χ1) is 7.69. The molecule has 0 saturated carbocycles. The Morgan fingerprint density at radius 2 is 2.31 bits per heavy atom. The highest BCUT2D eigenvalue weighted by molar-refractivity contribution is 5.81. The summed E-state index contributed by atoms with van der Waals surface area (Å²) < 4.78 is 5.32. The van der Waals surface area contributed by atoms with Gasteiger partial charge < -0.3 is 15.4 Å². The third-order valence-electron chi connectivity index (χ3n) is 3.11. The zero-order valence-corrected chi connectivity index (χ0v) is 10.4. The fraction of sp³-hybridized carbons (Fsp3) is 0.917. The maximum atomic E-state index is 12.0. The Morgan fingerprint density at radius 3 is 2.81 bits per heavy atom. The number of carbonyl (C=O) groups is 1. The van der Waals surface area contributed by atoms with Crippen molar-refractivity contribution in [3.8, 4) is 0 Å². The summed E-state index contributed by atoms with van der Waals surface area (Å²) in [6, 6.07) is -0.327. The van der Waals surface area contributed by atoms with Gasteiger partial charge in [-0.3, -0.25) is 4.79 Å². The van der Waals surface area contributed by atoms with Gasteiger partial charge in [-0.1, -0.05) is 13.3 Å². The Bertz CT molecular complexity index is 215. The first-order valence-electron chi connectivity index (χ1n) is 6.31. The van der Waals surface area contributed by atoms with Crippen molar-refractivity contribution in [1.29, 1.82) is 0 Å². The Hall–Kier alpha value is -0.610. The average molecular weight is 228 g/mol. The van der Waals surface area contributed by atoms with Gasteiger partial charge in [0.1, 0.15) is 0 Å². The standard InChI is InChI=1S/C12H24N2O2/c1-3-5-11(13)12(15)14(4-2)8-10-6-7-16-9-10/h10-11H,3-9,13H2,1-2H3/t10?,11-/m0/s1. The number of amides is 1. The molecule has 1 amide bonds. The number of hydrogen-bond donors (Lipinski definition) is 1. The van der Waals surface area contributed by atoms with E-state index in [-0.39, 0.29) is 11.9 Å². The van der Waals surface area contributed by atoms with Crippen LogP contribution >= 0.6 is 0 Å². The van der Waals surface area contributed by atoms with Gasteiger partial charge in [-0.15, -0.1) is 0 Å². The van der Waals surface area contributed by atoms with E-state index in [0.29, 0.717) is 5.92 Å². The van der Waals surface area contributed by atoms with Crippen molar-refractivity contribution in [3.05, 3.63) is 0 Å². The largest absolute Gasteiger partial charge is 0.381 e. The van der Waals surface area contributed by atoms with Crippen LogP contribution in [0.4, 0.5) is 0 Å². The molecule has 0 bridgehead atoms. The van der Waals surface area contributed by atoms with Crippen LogP contribution in [-0.4, -0.2) is 43.2 Å². The minimum atomic E-state index is -0.327. The van der Waals surface area contributed by atoms with Gasteiger partial charge in [0, 0.05) is 25.6 Å². The Kier molecular flexibility index (Phi) is 5.77. The van der Waals surface area contributed by atoms with E-state index in [1.54, 1.807) is 0 Å². The number of hydrogen-bond acceptors (Lipinski definition) is 3. The second kappa shape index (κ2) is 6.86. The zero-order chi connectivity index (χ0) is 12.0. The molecule has 0 aromatic heterocycles. The second-order valence-corrected chi connectivity index (χ2v) is 4.50. The Balaban J connectivity index is 2.42. The Morgan fingerprint density at radius 1 is 1.56 bits per heavy atom. The van der Waals surface area contributed by atoms with Crippen LogP contribution in [0.5, 0.6) is 0 Å². The van der Waals surface area contributed by atoms with E-state index in [2.05, 4.69) is 0 Å². The summed E-state index contributed by atoms with van der Waals surface area (Å²) in [7, 11) is 0. The summed E-state index contributed by atoms with van der Waals surface area (Å²) in [6.45, 7) is 7.21. The van der Waals surface area contributed by atoms with Crippen molar-refractivity contribution in [2.24, 2.45) is 11.7 Å². The van der Waals surface area contributed by atoms with Crippen LogP contribution in [0.2, 0.25) is 0 Å². The van der Waals surface area contributed by atoms with Crippen LogP contribution in [0.1, 0.15) is 33.1 Å². The molecule has 0 aromatic carbocycles. The van der Waals surface area contributed by atoms with Crippen molar-refractivity contribution in [2.45, 2.75) is 39.2 Å². The highest BCUT2D eigenvalue weighted by Gasteiger charge is 2.24. The lowest BCUT2D eigenvalue weighted by atomic mass is 10.1. The summed E-state index contributed by atoms with van der Waals surface area (Å²) in [4.78, 5) is 13.9. The summed E-state index contributed by atoms with van der Waals surface area (Å²) in [5, 5.41) is 0. The molecular weight excluding hydrogens is 204 g/mol. The van der Waals surface area contributed by atoms with E-state index < -0.39 is 0 Å². The summed E-state index contributed by atoms with van der Waals surface area (Å²) in [5.74, 6) is 0.592. The van der Waals surface area contributed by atoms with Crippen LogP contribution in [-0.2, 0) is 9.53 Å². The lowest BCUT2D eigenvalue weighted by Gasteiger charge is -2.26. The molecule has 1 aliphatic heterocycles. The van der Waals surface area contributed by atoms with Crippen molar-refractivity contribution < 1.29 is 9.53 Å². The normalized spacial score (nSPS) is 22.1. The molecule has 1 heterocycles. The van der Waals surface area contributed by atoms with Gasteiger partial charge in [0.2, 0.25) is 5.91 Å². The van der Waals surface area contributed by atoms with Crippen molar-refractivity contribution in [3.63, 3.8) is 0 Å². The van der Waals surface area contributed by atoms with Crippen molar-refractivity contribution in [2.75, 3.05) is 26.3 Å². The molecule has 1 rings (SSSR count). The van der Waals surface area contributed by atoms with E-state index in [4.69, 9.17) is 10.5 Å². The van der Waals surface area contributed by atoms with Gasteiger partial charge in [0.15, 0.2) is 0 Å². The molecule has 1 aliphatic rings. The maximum Gasteiger partial charge on any atom is 0.239 e. The Labute approximate surface area is 98.1 Å². The topological polar surface area (TPSA) is 55.6 Å². The third-order valence-corrected chi connectivity index (χ3v) is 3.11. The number of nitrogens with two attached hydrogens (primary N) is 1. The first-order valence-corrected chi connectivity index (χ1v) is 6.31. The second-order valence-electron chi connectivity index (χ2n) is 4.50. The van der Waals surface area contributed by atoms with Crippen LogP contribution in [0, 0.1) is 5.92 Å². The van der Waals surface area contributed by atoms with E-state index in [9.17, 15) is 4.79 Å². The predicted molar refractivity (Wildman–Crippen MR) is 64.1 cm³/mol. The lowest BCUT2D eigenvalue weighted by Crippen LogP contribution is -2.45. The van der Waals surface area contributed by atoms with Crippen LogP contribution < -0.4 is 5.73 Å². The molecule has 1 saturated heterocycles. The molecule has 2 N–H and O–H groups in total. The van der Waals surface area contributed by atoms with Gasteiger partial charge in [-0.25, -0.2) is 0 Å². The molecule has 0 aliphatic carbocycles. The molecule has 4 nitrogen and oxygen atoms in total. The minimum absolute atomic E-state index is 0.0938. The average Bonchev–Trinajstić information content (AvgIpc) is 2.78. The SMILES string of the molecule is CCC[C@H](N)C(=O)N(CC)CC1CCOC1. The molecule has 4 heteroatoms. The molecule has 0 aromatic rings. The van der Waals surface area contributed by atoms with Gasteiger partial charge in [-0.2, -0.15) is 0 Å². The quantitative estimate of drug-likeness (QED) is 0.738. The van der Waals surface area contributed by atoms with Crippen molar-refractivity contribution in [1.82, 2.24) is 4.90 Å². The van der Waals surface area contributed by atoms with Gasteiger partial charge in [-0.05, 0) is 19.8 Å². The number of rotatable bonds is 6. The van der Waals surface area contributed by atoms with Crippen LogP contribution in [0.3, 0.4) is 0 Å². The number of nitrogens with zero attached hydrogens (tertiary/aromatic N) is 1. The summed E-state index contributed by atoms with van der Waals surface area (Å²) in [6.07, 6.45) is 2.79. The number of ether oxygens (including phenoxy) is 1. The van der Waals surface area contributed by atoms with Gasteiger partial charge in [0.25, 0.3) is 0 Å². The highest BCUT2D eigenvalue weighted by atomic mass is 16.5. The highest BCUT2D eigenvalue weighted by Crippen LogP contribution is 2.14. The minimum Gasteiger partial charge on any atom is -0.381 e. The summed E-state index contributed by atoms with van der Waals surface area (Å²) >= 11 is 0. The molecule has 1 fully saturated rings. The van der Waals surface area contributed by atoms with Crippen molar-refractivity contribution >= 4 is 5.91 Å². The predicted octanol–water partition coefficient (Wildman–Crippen LogP) is 0.999. The maximum absolute atomic E-state index is 12.0. The smallest absolute Gasteiger partial charge is 0.239 e. The fourth-order valence-corrected chi connectivity index (χ4v) is 2.08. The summed E-state index contributed by atoms with van der Waals surface area (Å²) in [5.41, 5.74) is 5.86. The lowest BCUT2D eigenvalue weighted by molar-refractivity contribution is -0.133. The fourth-order valence-electron chi connectivity index (χ4n) is 2.08. The molecule has 0 radical (unpaired) electrons. The van der Waals surface area contributed by atoms with E-state index in [1.165, 1.54) is 0 Å². The monoisotopic (exact) mass is 228 g/mol. The number of likely N-dealkylation sites (N-methyl/N-ethyl adjacent to an activating group) is 1. The van der Waals surface area contributed by atoms with Gasteiger partial charge >= 0.3 is 0 Å². The zero-order valence-electron chi connectivity index (χ0n) is 10.4. The van der Waals surface area contributed by atoms with Crippen LogP contribution in [0.15, 0.2) is 0 Å². The molecule has 0 spiro atoms. The molecule has 16 heavy (non-hydrogen) atoms. The molecular formula is C12H24N2O2. The molecule has 2 atom stereocenters. The number of carbonyl (C=O) groups excluding carboxylic acids is 1. The molecule has 94 valence electrons. The van der Waals surface area contributed by atoms with Gasteiger partial charge in [0.05, 0.1) is 12.6 Å². The molecule has 1 unspecified atom stereocenters. The first kappa shape index (κ1) is 13.5. The van der Waals surface area contributed by atoms with E-state index >= 15 is 0 Å². The van der Waals surface area contributed by atoms with E-state index in [0.717, 1.165) is 45.6 Å². The van der Waals surface area contributed by atoms with E-state index in [1.807, 2.05) is 18.7 Å².